The van der Waals surface area contributed by atoms with Gasteiger partial charge in [-0.05, 0) is 46.5 Å². The molecule has 0 saturated heterocycles. The summed E-state index contributed by atoms with van der Waals surface area (Å²) >= 11 is 9.74. The van der Waals surface area contributed by atoms with Crippen LogP contribution in [0.1, 0.15) is 11.1 Å². The van der Waals surface area contributed by atoms with Crippen molar-refractivity contribution in [2.45, 2.75) is 0 Å². The molecule has 2 heterocycles. The van der Waals surface area contributed by atoms with E-state index in [4.69, 9.17) is 11.6 Å². The number of halogens is 2. The summed E-state index contributed by atoms with van der Waals surface area (Å²) in [5.41, 5.74) is 5.39. The first-order valence-corrected chi connectivity index (χ1v) is 9.02. The van der Waals surface area contributed by atoms with Crippen LogP contribution in [0.15, 0.2) is 65.2 Å². The first-order chi connectivity index (χ1) is 11.2. The van der Waals surface area contributed by atoms with Crippen molar-refractivity contribution < 1.29 is 0 Å². The van der Waals surface area contributed by atoms with E-state index >= 15 is 0 Å². The molecule has 0 aliphatic carbocycles. The summed E-state index contributed by atoms with van der Waals surface area (Å²) < 4.78 is 1.12. The summed E-state index contributed by atoms with van der Waals surface area (Å²) in [5.74, 6) is 0.414. The van der Waals surface area contributed by atoms with Gasteiger partial charge in [0.2, 0.25) is 0 Å². The maximum Gasteiger partial charge on any atom is 0.0412 e. The monoisotopic (exact) mass is 385 g/mol. The van der Waals surface area contributed by atoms with Crippen molar-refractivity contribution in [3.8, 4) is 0 Å². The van der Waals surface area contributed by atoms with Gasteiger partial charge in [0, 0.05) is 35.0 Å². The zero-order chi connectivity index (χ0) is 15.8. The minimum Gasteiger partial charge on any atom is -0.295 e. The number of rotatable bonds is 2. The number of hydrogen-bond acceptors (Lipinski definition) is 1. The first-order valence-electron chi connectivity index (χ1n) is 7.85. The second-order valence-corrected chi connectivity index (χ2v) is 7.46. The van der Waals surface area contributed by atoms with Crippen LogP contribution in [0.4, 0.5) is 0 Å². The zero-order valence-corrected chi connectivity index (χ0v) is 15.0. The van der Waals surface area contributed by atoms with Gasteiger partial charge < -0.3 is 0 Å². The Labute approximate surface area is 150 Å². The number of hydrogen-bond donors (Lipinski definition) is 0. The van der Waals surface area contributed by atoms with Crippen molar-refractivity contribution >= 4 is 38.7 Å². The molecule has 2 aromatic rings. The molecule has 0 saturated carbocycles. The van der Waals surface area contributed by atoms with Crippen molar-refractivity contribution in [1.29, 1.82) is 0 Å². The predicted molar refractivity (Wildman–Crippen MR) is 101 cm³/mol. The first kappa shape index (κ1) is 15.2. The summed E-state index contributed by atoms with van der Waals surface area (Å²) in [5, 5.41) is 0.802. The summed E-state index contributed by atoms with van der Waals surface area (Å²) in [6, 6.07) is 16.9. The standard InChI is InChI=1S/C20H17BrClN/c21-16-6-4-14(5-7-16)18-8-10-23-11-9-19(20(18)13-23)15-2-1-3-17(22)12-15/h1-9,12,20H,10-11,13H2. The molecule has 2 aromatic carbocycles. The average Bonchev–Trinajstić information content (AvgIpc) is 2.56. The van der Waals surface area contributed by atoms with E-state index in [-0.39, 0.29) is 0 Å². The topological polar surface area (TPSA) is 3.24 Å². The van der Waals surface area contributed by atoms with E-state index < -0.39 is 0 Å². The quantitative estimate of drug-likeness (QED) is 0.657. The molecule has 2 atom stereocenters. The van der Waals surface area contributed by atoms with Crippen LogP contribution < -0.4 is 0 Å². The van der Waals surface area contributed by atoms with Gasteiger partial charge in [-0.25, -0.2) is 0 Å². The summed E-state index contributed by atoms with van der Waals surface area (Å²) in [6.45, 7) is 3.13. The largest absolute Gasteiger partial charge is 0.295 e. The van der Waals surface area contributed by atoms with E-state index in [0.29, 0.717) is 5.92 Å². The molecule has 3 heteroatoms. The van der Waals surface area contributed by atoms with Crippen LogP contribution >= 0.6 is 27.5 Å². The van der Waals surface area contributed by atoms with Crippen LogP contribution in [0.25, 0.3) is 11.1 Å². The molecule has 0 radical (unpaired) electrons. The van der Waals surface area contributed by atoms with Gasteiger partial charge in [0.1, 0.15) is 0 Å². The van der Waals surface area contributed by atoms with Crippen LogP contribution in [0.3, 0.4) is 0 Å². The molecule has 0 fully saturated rings. The van der Waals surface area contributed by atoms with Gasteiger partial charge in [-0.15, -0.1) is 0 Å². The molecule has 116 valence electrons. The lowest BCUT2D eigenvalue weighted by atomic mass is 9.79. The smallest absolute Gasteiger partial charge is 0.0412 e. The highest BCUT2D eigenvalue weighted by Crippen LogP contribution is 2.40. The molecule has 0 aromatic heterocycles. The number of benzene rings is 2. The van der Waals surface area contributed by atoms with Gasteiger partial charge in [0.05, 0.1) is 0 Å². The van der Waals surface area contributed by atoms with E-state index in [9.17, 15) is 0 Å². The Morgan fingerprint density at radius 3 is 2.30 bits per heavy atom. The molecule has 0 N–H and O–H groups in total. The van der Waals surface area contributed by atoms with Crippen LogP contribution in [0.2, 0.25) is 5.02 Å². The molecule has 2 unspecified atom stereocenters. The van der Waals surface area contributed by atoms with Gasteiger partial charge in [-0.1, -0.05) is 63.9 Å². The highest BCUT2D eigenvalue weighted by atomic mass is 79.9. The maximum absolute atomic E-state index is 6.21. The predicted octanol–water partition coefficient (Wildman–Crippen LogP) is 5.51. The third-order valence-corrected chi connectivity index (χ3v) is 5.43. The van der Waals surface area contributed by atoms with E-state index in [1.54, 1.807) is 0 Å². The van der Waals surface area contributed by atoms with Crippen molar-refractivity contribution in [2.24, 2.45) is 5.92 Å². The minimum absolute atomic E-state index is 0.414. The van der Waals surface area contributed by atoms with Gasteiger partial charge in [0.25, 0.3) is 0 Å². The summed E-state index contributed by atoms with van der Waals surface area (Å²) in [6.07, 6.45) is 4.75. The van der Waals surface area contributed by atoms with Crippen LogP contribution in [-0.2, 0) is 0 Å². The van der Waals surface area contributed by atoms with Crippen molar-refractivity contribution in [1.82, 2.24) is 4.90 Å². The minimum atomic E-state index is 0.414. The Hall–Kier alpha value is -1.35. The Morgan fingerprint density at radius 2 is 1.61 bits per heavy atom. The fraction of sp³-hybridized carbons (Fsp3) is 0.200. The van der Waals surface area contributed by atoms with Crippen molar-refractivity contribution in [3.05, 3.63) is 81.3 Å². The van der Waals surface area contributed by atoms with Crippen LogP contribution in [0.5, 0.6) is 0 Å². The fourth-order valence-electron chi connectivity index (χ4n) is 3.53. The second kappa shape index (κ2) is 6.27. The van der Waals surface area contributed by atoms with Crippen LogP contribution in [-0.4, -0.2) is 24.5 Å². The lowest BCUT2D eigenvalue weighted by molar-refractivity contribution is 0.302. The molecular weight excluding hydrogens is 370 g/mol. The Bertz CT molecular complexity index is 792. The average molecular weight is 387 g/mol. The van der Waals surface area contributed by atoms with Crippen molar-refractivity contribution in [2.75, 3.05) is 19.6 Å². The molecule has 2 aliphatic heterocycles. The highest BCUT2D eigenvalue weighted by molar-refractivity contribution is 9.10. The molecular formula is C20H17BrClN. The Kier molecular flexibility index (Phi) is 4.14. The normalized spacial score (nSPS) is 23.2. The fourth-order valence-corrected chi connectivity index (χ4v) is 3.99. The van der Waals surface area contributed by atoms with E-state index in [0.717, 1.165) is 29.1 Å². The molecule has 23 heavy (non-hydrogen) atoms. The Balaban J connectivity index is 1.75. The van der Waals surface area contributed by atoms with Gasteiger partial charge in [0.15, 0.2) is 0 Å². The van der Waals surface area contributed by atoms with E-state index in [2.05, 4.69) is 69.4 Å². The molecule has 1 nitrogen and oxygen atoms in total. The SMILES string of the molecule is Clc1cccc(C2=CCN3CC=C(c4ccc(Br)cc4)C2C3)c1. The number of fused-ring (bicyclic) bond motifs is 2. The third kappa shape index (κ3) is 3.03. The zero-order valence-electron chi connectivity index (χ0n) is 12.7. The summed E-state index contributed by atoms with van der Waals surface area (Å²) in [4.78, 5) is 2.49. The van der Waals surface area contributed by atoms with Crippen LogP contribution in [0, 0.1) is 5.92 Å². The summed E-state index contributed by atoms with van der Waals surface area (Å²) in [7, 11) is 0. The molecule has 2 bridgehead atoms. The van der Waals surface area contributed by atoms with Gasteiger partial charge >= 0.3 is 0 Å². The Morgan fingerprint density at radius 1 is 0.913 bits per heavy atom. The number of nitrogens with zero attached hydrogens (tertiary/aromatic N) is 1. The van der Waals surface area contributed by atoms with Crippen molar-refractivity contribution in [3.63, 3.8) is 0 Å². The molecule has 2 aliphatic rings. The van der Waals surface area contributed by atoms with Gasteiger partial charge in [-0.3, -0.25) is 4.90 Å². The maximum atomic E-state index is 6.21. The van der Waals surface area contributed by atoms with Gasteiger partial charge in [-0.2, -0.15) is 0 Å². The molecule has 0 amide bonds. The second-order valence-electron chi connectivity index (χ2n) is 6.11. The van der Waals surface area contributed by atoms with E-state index in [1.807, 2.05) is 12.1 Å². The van der Waals surface area contributed by atoms with E-state index in [1.165, 1.54) is 22.3 Å². The third-order valence-electron chi connectivity index (χ3n) is 4.67. The highest BCUT2D eigenvalue weighted by Gasteiger charge is 2.30. The lowest BCUT2D eigenvalue weighted by Gasteiger charge is -2.38. The lowest BCUT2D eigenvalue weighted by Crippen LogP contribution is -2.38. The molecule has 4 rings (SSSR count). The molecule has 0 spiro atoms.